The number of ether oxygens (including phenoxy) is 1. The second-order valence-corrected chi connectivity index (χ2v) is 3.94. The summed E-state index contributed by atoms with van der Waals surface area (Å²) in [6.07, 6.45) is 3.50. The first-order valence-corrected chi connectivity index (χ1v) is 4.93. The molecule has 0 bridgehead atoms. The van der Waals surface area contributed by atoms with Crippen molar-refractivity contribution in [3.05, 3.63) is 0 Å². The highest BCUT2D eigenvalue weighted by molar-refractivity contribution is 5.81. The Hall–Kier alpha value is -0.610. The van der Waals surface area contributed by atoms with Crippen LogP contribution in [0.25, 0.3) is 0 Å². The molecule has 2 fully saturated rings. The van der Waals surface area contributed by atoms with Crippen molar-refractivity contribution in [3.8, 4) is 0 Å². The van der Waals surface area contributed by atoms with Gasteiger partial charge in [0.1, 0.15) is 6.10 Å². The molecule has 3 N–H and O–H groups in total. The molecule has 0 radical (unpaired) electrons. The first kappa shape index (κ1) is 8.97. The molecular formula is C9H16N2O2. The molecule has 1 aliphatic carbocycles. The third-order valence-corrected chi connectivity index (χ3v) is 2.74. The van der Waals surface area contributed by atoms with E-state index in [1.54, 1.807) is 0 Å². The van der Waals surface area contributed by atoms with Crippen molar-refractivity contribution in [2.75, 3.05) is 6.61 Å². The van der Waals surface area contributed by atoms with E-state index in [-0.39, 0.29) is 18.1 Å². The highest BCUT2D eigenvalue weighted by Gasteiger charge is 2.31. The van der Waals surface area contributed by atoms with Crippen LogP contribution < -0.4 is 11.1 Å². The van der Waals surface area contributed by atoms with Gasteiger partial charge in [-0.1, -0.05) is 0 Å². The van der Waals surface area contributed by atoms with E-state index in [4.69, 9.17) is 10.5 Å². The molecule has 1 saturated heterocycles. The summed E-state index contributed by atoms with van der Waals surface area (Å²) in [4.78, 5) is 11.5. The normalized spacial score (nSPS) is 38.4. The Morgan fingerprint density at radius 3 is 2.77 bits per heavy atom. The van der Waals surface area contributed by atoms with E-state index < -0.39 is 0 Å². The number of nitrogens with two attached hydrogens (primary N) is 1. The summed E-state index contributed by atoms with van der Waals surface area (Å²) in [5.41, 5.74) is 5.62. The molecule has 4 heteroatoms. The second kappa shape index (κ2) is 3.64. The number of hydrogen-bond acceptors (Lipinski definition) is 3. The molecule has 1 unspecified atom stereocenters. The van der Waals surface area contributed by atoms with Crippen LogP contribution in [0, 0.1) is 0 Å². The molecule has 74 valence electrons. The van der Waals surface area contributed by atoms with E-state index >= 15 is 0 Å². The fraction of sp³-hybridized carbons (Fsp3) is 0.889. The Bertz CT molecular complexity index is 196. The molecular weight excluding hydrogens is 168 g/mol. The van der Waals surface area contributed by atoms with Crippen LogP contribution in [0.15, 0.2) is 0 Å². The topological polar surface area (TPSA) is 64.3 Å². The van der Waals surface area contributed by atoms with Crippen molar-refractivity contribution in [3.63, 3.8) is 0 Å². The van der Waals surface area contributed by atoms with Gasteiger partial charge in [0.15, 0.2) is 0 Å². The van der Waals surface area contributed by atoms with Crippen LogP contribution in [0.3, 0.4) is 0 Å². The fourth-order valence-corrected chi connectivity index (χ4v) is 1.86. The van der Waals surface area contributed by atoms with Crippen molar-refractivity contribution in [1.82, 2.24) is 5.32 Å². The predicted octanol–water partition coefficient (Wildman–Crippen LogP) is -0.229. The maximum absolute atomic E-state index is 11.5. The fourth-order valence-electron chi connectivity index (χ4n) is 1.86. The minimum Gasteiger partial charge on any atom is -0.368 e. The maximum Gasteiger partial charge on any atom is 0.249 e. The van der Waals surface area contributed by atoms with Crippen LogP contribution in [0.1, 0.15) is 25.7 Å². The van der Waals surface area contributed by atoms with Crippen LogP contribution >= 0.6 is 0 Å². The first-order valence-electron chi connectivity index (χ1n) is 4.93. The lowest BCUT2D eigenvalue weighted by molar-refractivity contribution is -0.131. The van der Waals surface area contributed by atoms with Crippen molar-refractivity contribution in [2.24, 2.45) is 5.73 Å². The van der Waals surface area contributed by atoms with E-state index in [1.165, 1.54) is 0 Å². The van der Waals surface area contributed by atoms with Gasteiger partial charge in [-0.15, -0.1) is 0 Å². The van der Waals surface area contributed by atoms with Gasteiger partial charge in [0.2, 0.25) is 5.91 Å². The number of rotatable bonds is 2. The first-order chi connectivity index (χ1) is 6.25. The van der Waals surface area contributed by atoms with Crippen LogP contribution in [0.4, 0.5) is 0 Å². The van der Waals surface area contributed by atoms with Gasteiger partial charge in [-0.05, 0) is 25.7 Å². The van der Waals surface area contributed by atoms with Crippen LogP contribution in [-0.2, 0) is 9.53 Å². The minimum absolute atomic E-state index is 0.0504. The highest BCUT2D eigenvalue weighted by atomic mass is 16.5. The largest absolute Gasteiger partial charge is 0.368 e. The van der Waals surface area contributed by atoms with E-state index in [9.17, 15) is 4.79 Å². The Morgan fingerprint density at radius 2 is 2.23 bits per heavy atom. The van der Waals surface area contributed by atoms with Gasteiger partial charge in [-0.2, -0.15) is 0 Å². The smallest absolute Gasteiger partial charge is 0.249 e. The van der Waals surface area contributed by atoms with Crippen molar-refractivity contribution in [1.29, 1.82) is 0 Å². The molecule has 4 nitrogen and oxygen atoms in total. The second-order valence-electron chi connectivity index (χ2n) is 3.94. The molecule has 1 saturated carbocycles. The summed E-state index contributed by atoms with van der Waals surface area (Å²) in [5.74, 6) is 0.0504. The summed E-state index contributed by atoms with van der Waals surface area (Å²) in [7, 11) is 0. The Labute approximate surface area is 77.8 Å². The zero-order valence-electron chi connectivity index (χ0n) is 7.66. The molecule has 2 rings (SSSR count). The molecule has 0 spiro atoms. The molecule has 1 amide bonds. The van der Waals surface area contributed by atoms with Crippen LogP contribution in [-0.4, -0.2) is 30.7 Å². The zero-order valence-corrected chi connectivity index (χ0v) is 7.66. The third-order valence-electron chi connectivity index (χ3n) is 2.74. The summed E-state index contributed by atoms with van der Waals surface area (Å²) in [6, 6.07) is 0.585. The van der Waals surface area contributed by atoms with E-state index in [2.05, 4.69) is 5.32 Å². The molecule has 13 heavy (non-hydrogen) atoms. The van der Waals surface area contributed by atoms with E-state index in [0.717, 1.165) is 32.3 Å². The average molecular weight is 184 g/mol. The number of hydrogen-bond donors (Lipinski definition) is 2. The van der Waals surface area contributed by atoms with Gasteiger partial charge >= 0.3 is 0 Å². The standard InChI is InChI=1S/C9H16N2O2/c10-6-4-7(5-6)11-9(12)8-2-1-3-13-8/h6-8H,1-5,10H2,(H,11,12). The molecule has 0 aromatic heterocycles. The van der Waals surface area contributed by atoms with E-state index in [1.807, 2.05) is 0 Å². The summed E-state index contributed by atoms with van der Waals surface area (Å²) >= 11 is 0. The summed E-state index contributed by atoms with van der Waals surface area (Å²) in [5, 5.41) is 2.94. The number of carbonyl (C=O) groups is 1. The molecule has 2 aliphatic rings. The van der Waals surface area contributed by atoms with Gasteiger partial charge < -0.3 is 15.8 Å². The summed E-state index contributed by atoms with van der Waals surface area (Å²) in [6.45, 7) is 0.724. The minimum atomic E-state index is -0.197. The Kier molecular flexibility index (Phi) is 2.51. The third kappa shape index (κ3) is 2.00. The Balaban J connectivity index is 1.72. The predicted molar refractivity (Wildman–Crippen MR) is 48.1 cm³/mol. The zero-order chi connectivity index (χ0) is 9.26. The lowest BCUT2D eigenvalue weighted by atomic mass is 9.87. The lowest BCUT2D eigenvalue weighted by Gasteiger charge is -2.33. The number of carbonyl (C=O) groups excluding carboxylic acids is 1. The maximum atomic E-state index is 11.5. The van der Waals surface area contributed by atoms with Gasteiger partial charge in [0, 0.05) is 18.7 Å². The molecule has 1 aliphatic heterocycles. The summed E-state index contributed by atoms with van der Waals surface area (Å²) < 4.78 is 5.27. The van der Waals surface area contributed by atoms with Gasteiger partial charge in [0.05, 0.1) is 0 Å². The van der Waals surface area contributed by atoms with Crippen molar-refractivity contribution in [2.45, 2.75) is 43.9 Å². The van der Waals surface area contributed by atoms with Gasteiger partial charge in [0.25, 0.3) is 0 Å². The van der Waals surface area contributed by atoms with Crippen molar-refractivity contribution < 1.29 is 9.53 Å². The van der Waals surface area contributed by atoms with Gasteiger partial charge in [-0.3, -0.25) is 4.79 Å². The molecule has 0 aromatic carbocycles. The highest BCUT2D eigenvalue weighted by Crippen LogP contribution is 2.19. The van der Waals surface area contributed by atoms with E-state index in [0.29, 0.717) is 6.04 Å². The SMILES string of the molecule is NC1CC(NC(=O)C2CCCO2)C1. The van der Waals surface area contributed by atoms with Crippen LogP contribution in [0.2, 0.25) is 0 Å². The molecule has 1 heterocycles. The number of nitrogens with one attached hydrogen (secondary N) is 1. The molecule has 1 atom stereocenters. The lowest BCUT2D eigenvalue weighted by Crippen LogP contribution is -2.52. The van der Waals surface area contributed by atoms with Crippen LogP contribution in [0.5, 0.6) is 0 Å². The van der Waals surface area contributed by atoms with Gasteiger partial charge in [-0.25, -0.2) is 0 Å². The Morgan fingerprint density at radius 1 is 1.46 bits per heavy atom. The number of amides is 1. The molecule has 0 aromatic rings. The monoisotopic (exact) mass is 184 g/mol. The van der Waals surface area contributed by atoms with Crippen molar-refractivity contribution >= 4 is 5.91 Å². The average Bonchev–Trinajstić information content (AvgIpc) is 2.53. The quantitative estimate of drug-likeness (QED) is 0.623.